The Labute approximate surface area is 94.8 Å². The quantitative estimate of drug-likeness (QED) is 0.752. The number of esters is 1. The first kappa shape index (κ1) is 10.7. The zero-order valence-corrected chi connectivity index (χ0v) is 9.12. The van der Waals surface area contributed by atoms with Gasteiger partial charge >= 0.3 is 5.97 Å². The zero-order chi connectivity index (χ0) is 11.5. The van der Waals surface area contributed by atoms with E-state index in [9.17, 15) is 9.18 Å². The molecule has 82 valence electrons. The van der Waals surface area contributed by atoms with Gasteiger partial charge in [-0.1, -0.05) is 16.6 Å². The highest BCUT2D eigenvalue weighted by Gasteiger charge is 2.18. The molecule has 1 aromatic heterocycles. The van der Waals surface area contributed by atoms with Gasteiger partial charge in [-0.3, -0.25) is 0 Å². The SMILES string of the molecule is COC(=O)c1nnsc1-c1ccc(F)cc1. The van der Waals surface area contributed by atoms with Crippen LogP contribution >= 0.6 is 11.5 Å². The molecule has 0 N–H and O–H groups in total. The molecule has 1 heterocycles. The molecule has 1 aromatic carbocycles. The summed E-state index contributed by atoms with van der Waals surface area (Å²) >= 11 is 1.07. The van der Waals surface area contributed by atoms with Crippen molar-refractivity contribution in [1.29, 1.82) is 0 Å². The highest BCUT2D eigenvalue weighted by Crippen LogP contribution is 2.26. The minimum Gasteiger partial charge on any atom is -0.464 e. The molecular formula is C10H7FN2O2S. The van der Waals surface area contributed by atoms with E-state index in [1.54, 1.807) is 12.1 Å². The van der Waals surface area contributed by atoms with E-state index in [1.165, 1.54) is 19.2 Å². The van der Waals surface area contributed by atoms with Crippen LogP contribution in [0.5, 0.6) is 0 Å². The van der Waals surface area contributed by atoms with E-state index in [1.807, 2.05) is 0 Å². The van der Waals surface area contributed by atoms with Gasteiger partial charge in [-0.25, -0.2) is 9.18 Å². The number of hydrogen-bond donors (Lipinski definition) is 0. The third-order valence-electron chi connectivity index (χ3n) is 1.97. The molecule has 6 heteroatoms. The van der Waals surface area contributed by atoms with Gasteiger partial charge in [-0.15, -0.1) is 5.10 Å². The fourth-order valence-corrected chi connectivity index (χ4v) is 1.87. The van der Waals surface area contributed by atoms with Crippen molar-refractivity contribution >= 4 is 17.5 Å². The van der Waals surface area contributed by atoms with Crippen molar-refractivity contribution in [2.45, 2.75) is 0 Å². The lowest BCUT2D eigenvalue weighted by molar-refractivity contribution is 0.0595. The molecular weight excluding hydrogens is 231 g/mol. The summed E-state index contributed by atoms with van der Waals surface area (Å²) in [6.45, 7) is 0. The highest BCUT2D eigenvalue weighted by atomic mass is 32.1. The second kappa shape index (κ2) is 4.36. The lowest BCUT2D eigenvalue weighted by atomic mass is 10.1. The minimum absolute atomic E-state index is 0.152. The molecule has 0 bridgehead atoms. The van der Waals surface area contributed by atoms with Crippen LogP contribution in [-0.2, 0) is 4.74 Å². The Balaban J connectivity index is 2.44. The Morgan fingerprint density at radius 3 is 2.69 bits per heavy atom. The molecule has 0 aliphatic rings. The minimum atomic E-state index is -0.548. The number of rotatable bonds is 2. The summed E-state index contributed by atoms with van der Waals surface area (Å²) in [5.41, 5.74) is 0.843. The Morgan fingerprint density at radius 2 is 2.06 bits per heavy atom. The number of methoxy groups -OCH3 is 1. The standard InChI is InChI=1S/C10H7FN2O2S/c1-15-10(14)8-9(16-13-12-8)6-2-4-7(11)5-3-6/h2-5H,1H3. The Bertz CT molecular complexity index is 510. The van der Waals surface area contributed by atoms with Gasteiger partial charge in [0, 0.05) is 0 Å². The smallest absolute Gasteiger partial charge is 0.360 e. The maximum Gasteiger partial charge on any atom is 0.360 e. The highest BCUT2D eigenvalue weighted by molar-refractivity contribution is 7.09. The molecule has 0 atom stereocenters. The molecule has 0 spiro atoms. The first-order valence-electron chi connectivity index (χ1n) is 4.39. The molecule has 0 unspecified atom stereocenters. The van der Waals surface area contributed by atoms with Gasteiger partial charge in [0.25, 0.3) is 0 Å². The number of benzene rings is 1. The number of nitrogens with zero attached hydrogens (tertiary/aromatic N) is 2. The fraction of sp³-hybridized carbons (Fsp3) is 0.100. The van der Waals surface area contributed by atoms with E-state index in [2.05, 4.69) is 14.3 Å². The van der Waals surface area contributed by atoms with Gasteiger partial charge < -0.3 is 4.74 Å². The molecule has 2 aromatic rings. The van der Waals surface area contributed by atoms with E-state index in [0.29, 0.717) is 10.4 Å². The van der Waals surface area contributed by atoms with Crippen molar-refractivity contribution in [3.63, 3.8) is 0 Å². The number of carbonyl (C=O) groups excluding carboxylic acids is 1. The summed E-state index contributed by atoms with van der Waals surface area (Å²) in [5.74, 6) is -0.881. The maximum absolute atomic E-state index is 12.7. The lowest BCUT2D eigenvalue weighted by Gasteiger charge is -1.99. The molecule has 16 heavy (non-hydrogen) atoms. The molecule has 0 amide bonds. The molecule has 4 nitrogen and oxygen atoms in total. The molecule has 0 fully saturated rings. The second-order valence-corrected chi connectivity index (χ2v) is 3.70. The first-order valence-corrected chi connectivity index (χ1v) is 5.16. The summed E-state index contributed by atoms with van der Waals surface area (Å²) < 4.78 is 21.0. The van der Waals surface area contributed by atoms with Crippen molar-refractivity contribution in [3.8, 4) is 10.4 Å². The summed E-state index contributed by atoms with van der Waals surface area (Å²) in [4.78, 5) is 11.9. The topological polar surface area (TPSA) is 52.1 Å². The maximum atomic E-state index is 12.7. The summed E-state index contributed by atoms with van der Waals surface area (Å²) in [6, 6.07) is 5.76. The van der Waals surface area contributed by atoms with Crippen LogP contribution in [0.25, 0.3) is 10.4 Å². The van der Waals surface area contributed by atoms with Crippen LogP contribution in [0.15, 0.2) is 24.3 Å². The lowest BCUT2D eigenvalue weighted by Crippen LogP contribution is -2.03. The van der Waals surface area contributed by atoms with Crippen LogP contribution in [0.3, 0.4) is 0 Å². The fourth-order valence-electron chi connectivity index (χ4n) is 1.21. The monoisotopic (exact) mass is 238 g/mol. The van der Waals surface area contributed by atoms with Gasteiger partial charge in [0.15, 0.2) is 5.69 Å². The number of hydrogen-bond acceptors (Lipinski definition) is 5. The summed E-state index contributed by atoms with van der Waals surface area (Å²) in [7, 11) is 1.27. The largest absolute Gasteiger partial charge is 0.464 e. The van der Waals surface area contributed by atoms with Gasteiger partial charge in [0.05, 0.1) is 12.0 Å². The summed E-state index contributed by atoms with van der Waals surface area (Å²) in [5, 5.41) is 3.69. The van der Waals surface area contributed by atoms with E-state index in [-0.39, 0.29) is 11.5 Å². The molecule has 0 radical (unpaired) electrons. The zero-order valence-electron chi connectivity index (χ0n) is 8.31. The molecule has 0 saturated carbocycles. The van der Waals surface area contributed by atoms with E-state index in [0.717, 1.165) is 11.5 Å². The van der Waals surface area contributed by atoms with E-state index >= 15 is 0 Å². The van der Waals surface area contributed by atoms with Crippen LogP contribution < -0.4 is 0 Å². The summed E-state index contributed by atoms with van der Waals surface area (Å²) in [6.07, 6.45) is 0. The number of aromatic nitrogens is 2. The van der Waals surface area contributed by atoms with Gasteiger partial charge in [-0.2, -0.15) is 0 Å². The van der Waals surface area contributed by atoms with Crippen molar-refractivity contribution in [3.05, 3.63) is 35.8 Å². The van der Waals surface area contributed by atoms with E-state index in [4.69, 9.17) is 0 Å². The van der Waals surface area contributed by atoms with Gasteiger partial charge in [0.1, 0.15) is 5.82 Å². The predicted octanol–water partition coefficient (Wildman–Crippen LogP) is 2.13. The second-order valence-electron chi connectivity index (χ2n) is 2.95. The van der Waals surface area contributed by atoms with Crippen molar-refractivity contribution in [1.82, 2.24) is 9.59 Å². The Kier molecular flexibility index (Phi) is 2.91. The van der Waals surface area contributed by atoms with Crippen LogP contribution in [-0.4, -0.2) is 22.7 Å². The Hall–Kier alpha value is -1.82. The number of ether oxygens (including phenoxy) is 1. The van der Waals surface area contributed by atoms with Crippen LogP contribution in [0.2, 0.25) is 0 Å². The average molecular weight is 238 g/mol. The third kappa shape index (κ3) is 1.92. The Morgan fingerprint density at radius 1 is 1.38 bits per heavy atom. The van der Waals surface area contributed by atoms with Crippen molar-refractivity contribution in [2.75, 3.05) is 7.11 Å². The third-order valence-corrected chi connectivity index (χ3v) is 2.75. The van der Waals surface area contributed by atoms with E-state index < -0.39 is 5.97 Å². The molecule has 0 aliphatic heterocycles. The first-order chi connectivity index (χ1) is 7.72. The average Bonchev–Trinajstić information content (AvgIpc) is 2.78. The van der Waals surface area contributed by atoms with Gasteiger partial charge in [0.2, 0.25) is 0 Å². The van der Waals surface area contributed by atoms with Crippen molar-refractivity contribution < 1.29 is 13.9 Å². The van der Waals surface area contributed by atoms with Crippen LogP contribution in [0.1, 0.15) is 10.5 Å². The molecule has 0 aliphatic carbocycles. The number of carbonyl (C=O) groups is 1. The predicted molar refractivity (Wildman–Crippen MR) is 56.6 cm³/mol. The van der Waals surface area contributed by atoms with Crippen LogP contribution in [0, 0.1) is 5.82 Å². The van der Waals surface area contributed by atoms with Gasteiger partial charge in [-0.05, 0) is 29.2 Å². The molecule has 0 saturated heterocycles. The van der Waals surface area contributed by atoms with Crippen molar-refractivity contribution in [2.24, 2.45) is 0 Å². The molecule has 2 rings (SSSR count). The number of halogens is 1. The van der Waals surface area contributed by atoms with Crippen LogP contribution in [0.4, 0.5) is 4.39 Å². The normalized spacial score (nSPS) is 10.1.